The van der Waals surface area contributed by atoms with Crippen molar-refractivity contribution in [1.82, 2.24) is 4.90 Å². The van der Waals surface area contributed by atoms with E-state index < -0.39 is 0 Å². The molecule has 2 aromatic carbocycles. The molecule has 5 nitrogen and oxygen atoms in total. The van der Waals surface area contributed by atoms with E-state index in [1.807, 2.05) is 4.90 Å². The summed E-state index contributed by atoms with van der Waals surface area (Å²) in [6.07, 6.45) is 1.94. The van der Waals surface area contributed by atoms with Crippen LogP contribution in [0.4, 0.5) is 10.1 Å². The predicted octanol–water partition coefficient (Wildman–Crippen LogP) is 4.75. The number of hydrogen-bond acceptors (Lipinski definition) is 4. The molecule has 0 aromatic heterocycles. The second-order valence-corrected chi connectivity index (χ2v) is 7.39. The maximum Gasteiger partial charge on any atom is 0.238 e. The third-order valence-electron chi connectivity index (χ3n) is 4.58. The van der Waals surface area contributed by atoms with Crippen molar-refractivity contribution >= 4 is 34.8 Å². The highest BCUT2D eigenvalue weighted by molar-refractivity contribution is 6.32. The van der Waals surface area contributed by atoms with Crippen molar-refractivity contribution in [2.24, 2.45) is 0 Å². The van der Waals surface area contributed by atoms with E-state index >= 15 is 0 Å². The Morgan fingerprint density at radius 2 is 1.89 bits per heavy atom. The summed E-state index contributed by atoms with van der Waals surface area (Å²) < 4.78 is 24.6. The molecule has 0 heterocycles. The molecule has 0 atom stereocenters. The van der Waals surface area contributed by atoms with Crippen molar-refractivity contribution in [3.8, 4) is 11.5 Å². The van der Waals surface area contributed by atoms with Crippen LogP contribution in [-0.2, 0) is 11.3 Å². The summed E-state index contributed by atoms with van der Waals surface area (Å²) in [5.41, 5.74) is 0.850. The molecular weight excluding hydrogens is 406 g/mol. The van der Waals surface area contributed by atoms with Crippen LogP contribution in [0.25, 0.3) is 0 Å². The topological polar surface area (TPSA) is 50.8 Å². The van der Waals surface area contributed by atoms with Crippen LogP contribution in [0.2, 0.25) is 10.0 Å². The van der Waals surface area contributed by atoms with E-state index in [1.54, 1.807) is 24.3 Å². The minimum Gasteiger partial charge on any atom is -0.495 e. The minimum atomic E-state index is -0.373. The second-order valence-electron chi connectivity index (χ2n) is 6.57. The van der Waals surface area contributed by atoms with E-state index in [2.05, 4.69) is 5.32 Å². The Morgan fingerprint density at radius 1 is 1.18 bits per heavy atom. The highest BCUT2D eigenvalue weighted by Gasteiger charge is 2.31. The number of methoxy groups -OCH3 is 2. The van der Waals surface area contributed by atoms with Crippen molar-refractivity contribution in [2.45, 2.75) is 25.4 Å². The summed E-state index contributed by atoms with van der Waals surface area (Å²) in [5, 5.41) is 3.56. The SMILES string of the molecule is COc1cc(NC(=O)CN(Cc2c(F)cccc2Cl)C2CC2)c(OC)cc1Cl. The quantitative estimate of drug-likeness (QED) is 0.661. The maximum absolute atomic E-state index is 14.1. The molecule has 1 N–H and O–H groups in total. The number of rotatable bonds is 8. The first-order chi connectivity index (χ1) is 13.4. The van der Waals surface area contributed by atoms with E-state index in [9.17, 15) is 9.18 Å². The molecule has 0 bridgehead atoms. The first-order valence-electron chi connectivity index (χ1n) is 8.81. The normalized spacial score (nSPS) is 13.5. The lowest BCUT2D eigenvalue weighted by molar-refractivity contribution is -0.117. The summed E-state index contributed by atoms with van der Waals surface area (Å²) in [7, 11) is 2.98. The lowest BCUT2D eigenvalue weighted by Gasteiger charge is -2.23. The lowest BCUT2D eigenvalue weighted by atomic mass is 10.2. The molecule has 1 saturated carbocycles. The van der Waals surface area contributed by atoms with Gasteiger partial charge in [-0.25, -0.2) is 4.39 Å². The number of nitrogens with one attached hydrogen (secondary N) is 1. The highest BCUT2D eigenvalue weighted by Crippen LogP contribution is 2.36. The Labute approximate surface area is 173 Å². The van der Waals surface area contributed by atoms with Crippen LogP contribution >= 0.6 is 23.2 Å². The monoisotopic (exact) mass is 426 g/mol. The Balaban J connectivity index is 1.74. The van der Waals surface area contributed by atoms with Crippen molar-refractivity contribution < 1.29 is 18.7 Å². The molecular formula is C20H21Cl2FN2O3. The van der Waals surface area contributed by atoms with Gasteiger partial charge in [0.05, 0.1) is 31.5 Å². The summed E-state index contributed by atoms with van der Waals surface area (Å²) in [5.74, 6) is 0.230. The Kier molecular flexibility index (Phi) is 6.65. The number of benzene rings is 2. The zero-order chi connectivity index (χ0) is 20.3. The van der Waals surface area contributed by atoms with Crippen LogP contribution in [0.15, 0.2) is 30.3 Å². The predicted molar refractivity (Wildman–Crippen MR) is 108 cm³/mol. The van der Waals surface area contributed by atoms with E-state index in [-0.39, 0.29) is 30.9 Å². The molecule has 1 aliphatic rings. The Morgan fingerprint density at radius 3 is 2.50 bits per heavy atom. The summed E-state index contributed by atoms with van der Waals surface area (Å²) in [4.78, 5) is 14.6. The van der Waals surface area contributed by atoms with Gasteiger partial charge in [0.25, 0.3) is 0 Å². The molecule has 0 aliphatic heterocycles. The zero-order valence-electron chi connectivity index (χ0n) is 15.6. The molecule has 1 fully saturated rings. The lowest BCUT2D eigenvalue weighted by Crippen LogP contribution is -2.35. The number of nitrogens with zero attached hydrogens (tertiary/aromatic N) is 1. The van der Waals surface area contributed by atoms with E-state index in [4.69, 9.17) is 32.7 Å². The van der Waals surface area contributed by atoms with Gasteiger partial charge in [-0.2, -0.15) is 0 Å². The molecule has 2 aromatic rings. The van der Waals surface area contributed by atoms with Gasteiger partial charge in [0.1, 0.15) is 17.3 Å². The molecule has 3 rings (SSSR count). The number of amides is 1. The first-order valence-corrected chi connectivity index (χ1v) is 9.56. The fourth-order valence-corrected chi connectivity index (χ4v) is 3.43. The average Bonchev–Trinajstić information content (AvgIpc) is 3.50. The highest BCUT2D eigenvalue weighted by atomic mass is 35.5. The standard InChI is InChI=1S/C20H21Cl2FN2O3/c1-27-18-9-17(19(28-2)8-15(18)22)24-20(26)11-25(12-6-7-12)10-13-14(21)4-3-5-16(13)23/h3-5,8-9,12H,6-7,10-11H2,1-2H3,(H,24,26). The number of anilines is 1. The van der Waals surface area contributed by atoms with Gasteiger partial charge in [0.2, 0.25) is 5.91 Å². The van der Waals surface area contributed by atoms with Crippen molar-refractivity contribution in [1.29, 1.82) is 0 Å². The van der Waals surface area contributed by atoms with Crippen LogP contribution in [0.1, 0.15) is 18.4 Å². The molecule has 0 unspecified atom stereocenters. The zero-order valence-corrected chi connectivity index (χ0v) is 17.1. The number of ether oxygens (including phenoxy) is 2. The first kappa shape index (κ1) is 20.7. The van der Waals surface area contributed by atoms with Gasteiger partial charge in [0.15, 0.2) is 0 Å². The van der Waals surface area contributed by atoms with E-state index in [0.29, 0.717) is 32.8 Å². The summed E-state index contributed by atoms with van der Waals surface area (Å²) >= 11 is 12.2. The van der Waals surface area contributed by atoms with Crippen LogP contribution < -0.4 is 14.8 Å². The molecule has 0 spiro atoms. The van der Waals surface area contributed by atoms with Crippen molar-refractivity contribution in [3.05, 3.63) is 51.8 Å². The van der Waals surface area contributed by atoms with Crippen LogP contribution in [-0.4, -0.2) is 37.6 Å². The van der Waals surface area contributed by atoms with Crippen LogP contribution in [0.5, 0.6) is 11.5 Å². The third-order valence-corrected chi connectivity index (χ3v) is 5.23. The summed E-state index contributed by atoms with van der Waals surface area (Å²) in [6.45, 7) is 0.369. The van der Waals surface area contributed by atoms with E-state index in [0.717, 1.165) is 12.8 Å². The van der Waals surface area contributed by atoms with Crippen LogP contribution in [0.3, 0.4) is 0 Å². The van der Waals surface area contributed by atoms with E-state index in [1.165, 1.54) is 20.3 Å². The Hall–Kier alpha value is -2.02. The molecule has 8 heteroatoms. The Bertz CT molecular complexity index is 855. The molecule has 1 amide bonds. The van der Waals surface area contributed by atoms with Crippen molar-refractivity contribution in [3.63, 3.8) is 0 Å². The number of halogens is 3. The van der Waals surface area contributed by atoms with Crippen LogP contribution in [0, 0.1) is 5.82 Å². The van der Waals surface area contributed by atoms with Gasteiger partial charge in [-0.15, -0.1) is 0 Å². The molecule has 0 radical (unpaired) electrons. The number of carbonyl (C=O) groups is 1. The van der Waals surface area contributed by atoms with Gasteiger partial charge < -0.3 is 14.8 Å². The van der Waals surface area contributed by atoms with Gasteiger partial charge >= 0.3 is 0 Å². The fourth-order valence-electron chi connectivity index (χ4n) is 2.97. The third kappa shape index (κ3) is 4.87. The largest absolute Gasteiger partial charge is 0.495 e. The summed E-state index contributed by atoms with van der Waals surface area (Å²) in [6, 6.07) is 8.01. The smallest absolute Gasteiger partial charge is 0.238 e. The number of hydrogen-bond donors (Lipinski definition) is 1. The fraction of sp³-hybridized carbons (Fsp3) is 0.350. The average molecular weight is 427 g/mol. The molecule has 1 aliphatic carbocycles. The minimum absolute atomic E-state index is 0.101. The second kappa shape index (κ2) is 8.99. The van der Waals surface area contributed by atoms with Gasteiger partial charge in [-0.05, 0) is 25.0 Å². The molecule has 150 valence electrons. The maximum atomic E-state index is 14.1. The van der Waals surface area contributed by atoms with Gasteiger partial charge in [-0.3, -0.25) is 9.69 Å². The number of carbonyl (C=O) groups excluding carboxylic acids is 1. The van der Waals surface area contributed by atoms with Gasteiger partial charge in [-0.1, -0.05) is 29.3 Å². The molecule has 28 heavy (non-hydrogen) atoms. The van der Waals surface area contributed by atoms with Crippen molar-refractivity contribution in [2.75, 3.05) is 26.1 Å². The molecule has 0 saturated heterocycles. The van der Waals surface area contributed by atoms with Gasteiger partial charge in [0, 0.05) is 35.3 Å².